The number of ether oxygens (including phenoxy) is 2. The Kier molecular flexibility index (Phi) is 10.7. The molecule has 1 aliphatic rings. The highest BCUT2D eigenvalue weighted by molar-refractivity contribution is 8.14. The van der Waals surface area contributed by atoms with Gasteiger partial charge in [0.25, 0.3) is 0 Å². The van der Waals surface area contributed by atoms with Crippen molar-refractivity contribution in [3.8, 4) is 28.6 Å². The monoisotopic (exact) mass is 666 g/mol. The van der Waals surface area contributed by atoms with Gasteiger partial charge in [0.15, 0.2) is 11.0 Å². The summed E-state index contributed by atoms with van der Waals surface area (Å²) in [4.78, 5) is 23.9. The number of nitrogens with one attached hydrogen (secondary N) is 1. The molecule has 9 nitrogen and oxygen atoms in total. The molecule has 1 saturated heterocycles. The van der Waals surface area contributed by atoms with Crippen molar-refractivity contribution < 1.29 is 27.4 Å². The van der Waals surface area contributed by atoms with E-state index in [-0.39, 0.29) is 17.7 Å². The SMILES string of the molecule is COc1ccc(C(C)C)c(N2CCCS/C2=N\C(=O)NCC(C)Cc2ccc(-c3ncn(-c4ccc(OC(F)(F)F)cc4)n3)cc2)c1. The maximum absolute atomic E-state index is 12.9. The minimum Gasteiger partial charge on any atom is -0.497 e. The maximum atomic E-state index is 12.9. The van der Waals surface area contributed by atoms with E-state index in [0.717, 1.165) is 47.7 Å². The van der Waals surface area contributed by atoms with Gasteiger partial charge in [0.05, 0.1) is 12.8 Å². The van der Waals surface area contributed by atoms with Crippen LogP contribution in [0.4, 0.5) is 23.7 Å². The smallest absolute Gasteiger partial charge is 0.497 e. The van der Waals surface area contributed by atoms with Crippen LogP contribution in [0.25, 0.3) is 17.1 Å². The topological polar surface area (TPSA) is 93.9 Å². The molecule has 248 valence electrons. The van der Waals surface area contributed by atoms with Gasteiger partial charge in [0.1, 0.15) is 17.8 Å². The van der Waals surface area contributed by atoms with Gasteiger partial charge in [-0.25, -0.2) is 14.5 Å². The quantitative estimate of drug-likeness (QED) is 0.184. The zero-order chi connectivity index (χ0) is 33.6. The predicted molar refractivity (Wildman–Crippen MR) is 179 cm³/mol. The molecule has 0 bridgehead atoms. The predicted octanol–water partition coefficient (Wildman–Crippen LogP) is 7.85. The molecule has 13 heteroatoms. The van der Waals surface area contributed by atoms with Crippen molar-refractivity contribution in [2.24, 2.45) is 10.9 Å². The fourth-order valence-electron chi connectivity index (χ4n) is 5.22. The van der Waals surface area contributed by atoms with Crippen molar-refractivity contribution in [1.82, 2.24) is 20.1 Å². The first-order valence-corrected chi connectivity index (χ1v) is 16.3. The van der Waals surface area contributed by atoms with Crippen molar-refractivity contribution in [2.75, 3.05) is 30.9 Å². The molecule has 0 aliphatic carbocycles. The van der Waals surface area contributed by atoms with Crippen molar-refractivity contribution in [3.63, 3.8) is 0 Å². The van der Waals surface area contributed by atoms with Crippen LogP contribution in [-0.2, 0) is 6.42 Å². The lowest BCUT2D eigenvalue weighted by Crippen LogP contribution is -2.37. The van der Waals surface area contributed by atoms with E-state index in [1.54, 1.807) is 18.9 Å². The highest BCUT2D eigenvalue weighted by Gasteiger charge is 2.31. The molecular weight excluding hydrogens is 629 g/mol. The second kappa shape index (κ2) is 14.9. The molecule has 1 aromatic heterocycles. The van der Waals surface area contributed by atoms with Gasteiger partial charge < -0.3 is 19.7 Å². The Labute approximate surface area is 276 Å². The molecular formula is C34H37F3N6O3S. The summed E-state index contributed by atoms with van der Waals surface area (Å²) >= 11 is 1.59. The van der Waals surface area contributed by atoms with E-state index in [9.17, 15) is 18.0 Å². The van der Waals surface area contributed by atoms with E-state index in [2.05, 4.69) is 56.9 Å². The van der Waals surface area contributed by atoms with Gasteiger partial charge in [-0.15, -0.1) is 18.3 Å². The van der Waals surface area contributed by atoms with E-state index < -0.39 is 6.36 Å². The number of rotatable bonds is 10. The number of carbonyl (C=O) groups excluding carboxylic acids is 1. The summed E-state index contributed by atoms with van der Waals surface area (Å²) in [6, 6.07) is 18.9. The zero-order valence-corrected chi connectivity index (χ0v) is 27.4. The summed E-state index contributed by atoms with van der Waals surface area (Å²) in [6.07, 6.45) is -1.51. The Morgan fingerprint density at radius 1 is 1.04 bits per heavy atom. The fraction of sp³-hybridized carbons (Fsp3) is 0.353. The van der Waals surface area contributed by atoms with Gasteiger partial charge in [-0.3, -0.25) is 0 Å². The van der Waals surface area contributed by atoms with Crippen LogP contribution in [0.15, 0.2) is 78.0 Å². The van der Waals surface area contributed by atoms with E-state index in [4.69, 9.17) is 4.74 Å². The molecule has 47 heavy (non-hydrogen) atoms. The van der Waals surface area contributed by atoms with Crippen LogP contribution in [0.1, 0.15) is 44.2 Å². The molecule has 0 radical (unpaired) electrons. The maximum Gasteiger partial charge on any atom is 0.573 e. The number of nitrogens with zero attached hydrogens (tertiary/aromatic N) is 5. The van der Waals surface area contributed by atoms with Gasteiger partial charge in [0, 0.05) is 36.2 Å². The summed E-state index contributed by atoms with van der Waals surface area (Å²) < 4.78 is 48.2. The summed E-state index contributed by atoms with van der Waals surface area (Å²) in [6.45, 7) is 7.62. The van der Waals surface area contributed by atoms with Crippen LogP contribution in [0, 0.1) is 5.92 Å². The van der Waals surface area contributed by atoms with Crippen LogP contribution in [0.3, 0.4) is 0 Å². The van der Waals surface area contributed by atoms with Gasteiger partial charge in [-0.2, -0.15) is 4.99 Å². The van der Waals surface area contributed by atoms with Crippen molar-refractivity contribution in [1.29, 1.82) is 0 Å². The second-order valence-electron chi connectivity index (χ2n) is 11.6. The van der Waals surface area contributed by atoms with Crippen LogP contribution in [-0.4, -0.2) is 58.3 Å². The van der Waals surface area contributed by atoms with Gasteiger partial charge in [-0.1, -0.05) is 62.9 Å². The van der Waals surface area contributed by atoms with Crippen LogP contribution in [0.2, 0.25) is 0 Å². The molecule has 0 spiro atoms. The molecule has 4 aromatic rings. The first kappa shape index (κ1) is 33.8. The number of aliphatic imine (C=N–C) groups is 1. The Hall–Kier alpha value is -4.52. The third-order valence-electron chi connectivity index (χ3n) is 7.56. The standard InChI is InChI=1S/C34H37F3N6O3S/c1-22(2)29-15-14-28(45-4)19-30(29)42-16-5-17-47-33(42)40-32(44)38-20-23(3)18-24-6-8-25(9-7-24)31-39-21-43(41-31)26-10-12-27(13-11-26)46-34(35,36)37/h6-15,19,21-23H,5,16-18,20H2,1-4H3,(H,38,44)/b40-33-. The Morgan fingerprint density at radius 3 is 2.45 bits per heavy atom. The molecule has 1 atom stereocenters. The minimum atomic E-state index is -4.75. The number of halogens is 3. The van der Waals surface area contributed by atoms with Crippen molar-refractivity contribution in [3.05, 3.63) is 84.2 Å². The van der Waals surface area contributed by atoms with E-state index in [0.29, 0.717) is 29.1 Å². The largest absolute Gasteiger partial charge is 0.573 e. The van der Waals surface area contributed by atoms with Gasteiger partial charge in [0.2, 0.25) is 0 Å². The molecule has 1 fully saturated rings. The third kappa shape index (κ3) is 9.06. The second-order valence-corrected chi connectivity index (χ2v) is 12.6. The number of carbonyl (C=O) groups is 1. The lowest BCUT2D eigenvalue weighted by atomic mass is 10.00. The van der Waals surface area contributed by atoms with Gasteiger partial charge in [-0.05, 0) is 66.1 Å². The summed E-state index contributed by atoms with van der Waals surface area (Å²) in [5, 5.41) is 8.13. The number of amidine groups is 1. The number of aromatic nitrogens is 3. The average Bonchev–Trinajstić information content (AvgIpc) is 3.54. The summed E-state index contributed by atoms with van der Waals surface area (Å²) in [7, 11) is 1.65. The first-order valence-electron chi connectivity index (χ1n) is 15.3. The molecule has 1 aliphatic heterocycles. The number of methoxy groups -OCH3 is 1. The highest BCUT2D eigenvalue weighted by Crippen LogP contribution is 2.35. The fourth-order valence-corrected chi connectivity index (χ4v) is 6.17. The molecule has 5 rings (SSSR count). The highest BCUT2D eigenvalue weighted by atomic mass is 32.2. The van der Waals surface area contributed by atoms with Crippen LogP contribution >= 0.6 is 11.8 Å². The number of alkyl halides is 3. The lowest BCUT2D eigenvalue weighted by Gasteiger charge is -2.32. The van der Waals surface area contributed by atoms with E-state index in [1.165, 1.54) is 40.8 Å². The Balaban J connectivity index is 1.16. The molecule has 2 amide bonds. The van der Waals surface area contributed by atoms with Crippen LogP contribution < -0.4 is 19.7 Å². The number of benzene rings is 3. The minimum absolute atomic E-state index is 0.160. The number of thioether (sulfide) groups is 1. The van der Waals surface area contributed by atoms with Crippen molar-refractivity contribution in [2.45, 2.75) is 45.9 Å². The Bertz CT molecular complexity index is 1690. The molecule has 2 heterocycles. The van der Waals surface area contributed by atoms with E-state index >= 15 is 0 Å². The molecule has 1 unspecified atom stereocenters. The molecule has 0 saturated carbocycles. The number of amides is 2. The zero-order valence-electron chi connectivity index (χ0n) is 26.6. The average molecular weight is 667 g/mol. The normalized spacial score (nSPS) is 15.1. The summed E-state index contributed by atoms with van der Waals surface area (Å²) in [5.74, 6) is 2.31. The molecule has 3 aromatic carbocycles. The number of hydrogen-bond donors (Lipinski definition) is 1. The number of hydrogen-bond acceptors (Lipinski definition) is 6. The van der Waals surface area contributed by atoms with Gasteiger partial charge >= 0.3 is 12.4 Å². The first-order chi connectivity index (χ1) is 22.5. The van der Waals surface area contributed by atoms with Crippen LogP contribution in [0.5, 0.6) is 11.5 Å². The lowest BCUT2D eigenvalue weighted by molar-refractivity contribution is -0.274. The van der Waals surface area contributed by atoms with Crippen molar-refractivity contribution >= 4 is 28.6 Å². The van der Waals surface area contributed by atoms with E-state index in [1.807, 2.05) is 36.4 Å². The summed E-state index contributed by atoms with van der Waals surface area (Å²) in [5.41, 5.74) is 4.64. The number of urea groups is 1. The molecule has 1 N–H and O–H groups in total. The number of anilines is 1. The third-order valence-corrected chi connectivity index (χ3v) is 8.62. The Morgan fingerprint density at radius 2 is 1.77 bits per heavy atom.